The summed E-state index contributed by atoms with van der Waals surface area (Å²) < 4.78 is 5.84. The molecule has 7 nitrogen and oxygen atoms in total. The van der Waals surface area contributed by atoms with Gasteiger partial charge in [-0.3, -0.25) is 14.8 Å². The number of aliphatic imine (C=N–C) groups is 1. The van der Waals surface area contributed by atoms with E-state index in [1.54, 1.807) is 48.6 Å². The number of pyridine rings is 1. The van der Waals surface area contributed by atoms with Crippen molar-refractivity contribution in [3.8, 4) is 22.9 Å². The van der Waals surface area contributed by atoms with Crippen LogP contribution in [0.3, 0.4) is 0 Å². The third-order valence-corrected chi connectivity index (χ3v) is 5.60. The van der Waals surface area contributed by atoms with Crippen molar-refractivity contribution in [1.29, 1.82) is 5.26 Å². The van der Waals surface area contributed by atoms with Crippen LogP contribution in [0.15, 0.2) is 53.7 Å². The van der Waals surface area contributed by atoms with Crippen LogP contribution in [0.5, 0.6) is 5.75 Å². The van der Waals surface area contributed by atoms with Crippen molar-refractivity contribution in [1.82, 2.24) is 9.88 Å². The van der Waals surface area contributed by atoms with Gasteiger partial charge in [-0.2, -0.15) is 5.26 Å². The molecule has 0 spiro atoms. The molecule has 166 valence electrons. The third-order valence-electron chi connectivity index (χ3n) is 5.60. The van der Waals surface area contributed by atoms with Gasteiger partial charge in [-0.25, -0.2) is 0 Å². The van der Waals surface area contributed by atoms with E-state index in [1.807, 2.05) is 25.1 Å². The van der Waals surface area contributed by atoms with Crippen molar-refractivity contribution in [2.24, 2.45) is 4.99 Å². The summed E-state index contributed by atoms with van der Waals surface area (Å²) in [7, 11) is 1.75. The summed E-state index contributed by atoms with van der Waals surface area (Å²) in [6.45, 7) is 3.09. The van der Waals surface area contributed by atoms with Crippen molar-refractivity contribution in [3.05, 3.63) is 82.2 Å². The Morgan fingerprint density at radius 1 is 1.27 bits per heavy atom. The second kappa shape index (κ2) is 9.63. The molecule has 2 aromatic carbocycles. The van der Waals surface area contributed by atoms with E-state index < -0.39 is 0 Å². The van der Waals surface area contributed by atoms with E-state index in [0.717, 1.165) is 27.8 Å². The highest BCUT2D eigenvalue weighted by Crippen LogP contribution is 2.32. The number of rotatable bonds is 7. The van der Waals surface area contributed by atoms with E-state index in [0.29, 0.717) is 42.3 Å². The number of aromatic nitrogens is 1. The molecule has 0 radical (unpaired) electrons. The minimum Gasteiger partial charge on any atom is -0.493 e. The van der Waals surface area contributed by atoms with Crippen molar-refractivity contribution in [3.63, 3.8) is 0 Å². The van der Waals surface area contributed by atoms with Crippen LogP contribution in [0.25, 0.3) is 11.1 Å². The first-order valence-electron chi connectivity index (χ1n) is 10.7. The number of hydrogen-bond donors (Lipinski definition) is 1. The number of ether oxygens (including phenoxy) is 1. The summed E-state index contributed by atoms with van der Waals surface area (Å²) in [6, 6.07) is 14.8. The molecular formula is C26H24N4O3. The lowest BCUT2D eigenvalue weighted by Gasteiger charge is -2.20. The highest BCUT2D eigenvalue weighted by atomic mass is 16.5. The van der Waals surface area contributed by atoms with Crippen LogP contribution in [-0.2, 0) is 19.7 Å². The van der Waals surface area contributed by atoms with Crippen LogP contribution < -0.4 is 4.74 Å². The fraction of sp³-hybridized carbons (Fsp3) is 0.231. The van der Waals surface area contributed by atoms with Gasteiger partial charge in [0.2, 0.25) is 0 Å². The number of aliphatic hydroxyl groups excluding tert-OH is 1. The van der Waals surface area contributed by atoms with Crippen molar-refractivity contribution in [2.45, 2.75) is 26.6 Å². The fourth-order valence-electron chi connectivity index (χ4n) is 3.95. The third kappa shape index (κ3) is 4.47. The van der Waals surface area contributed by atoms with Gasteiger partial charge in [0, 0.05) is 42.7 Å². The average molecular weight is 441 g/mol. The predicted molar refractivity (Wildman–Crippen MR) is 125 cm³/mol. The topological polar surface area (TPSA) is 98.8 Å². The Morgan fingerprint density at radius 3 is 2.88 bits per heavy atom. The highest BCUT2D eigenvalue weighted by Gasteiger charge is 2.20. The standard InChI is InChI=1S/C26H24N4O3/c1-3-33-25-10-19(7-8-21(25)18-6-4-5-17(9-18)11-27)26(32)30(2)15-20-12-29-24(16-31)23-14-28-13-22(20)23/h4-10,12,14,31H,3,13,15-16H2,1-2H3. The molecule has 1 N–H and O–H groups in total. The summed E-state index contributed by atoms with van der Waals surface area (Å²) in [5.41, 5.74) is 6.10. The molecule has 33 heavy (non-hydrogen) atoms. The quantitative estimate of drug-likeness (QED) is 0.604. The van der Waals surface area contributed by atoms with E-state index in [9.17, 15) is 15.2 Å². The number of carbonyl (C=O) groups is 1. The predicted octanol–water partition coefficient (Wildman–Crippen LogP) is 3.72. The summed E-state index contributed by atoms with van der Waals surface area (Å²) in [6.07, 6.45) is 3.44. The molecule has 0 saturated heterocycles. The zero-order valence-corrected chi connectivity index (χ0v) is 18.6. The minimum absolute atomic E-state index is 0.146. The van der Waals surface area contributed by atoms with Crippen LogP contribution in [0, 0.1) is 11.3 Å². The zero-order chi connectivity index (χ0) is 23.4. The summed E-state index contributed by atoms with van der Waals surface area (Å²) >= 11 is 0. The number of nitriles is 1. The van der Waals surface area contributed by atoms with Gasteiger partial charge in [0.05, 0.1) is 37.1 Å². The molecule has 0 bridgehead atoms. The van der Waals surface area contributed by atoms with E-state index in [4.69, 9.17) is 4.74 Å². The molecule has 0 unspecified atom stereocenters. The maximum Gasteiger partial charge on any atom is 0.254 e. The van der Waals surface area contributed by atoms with Gasteiger partial charge in [-0.15, -0.1) is 0 Å². The molecule has 1 aliphatic heterocycles. The molecule has 1 aromatic heterocycles. The first-order valence-corrected chi connectivity index (χ1v) is 10.7. The molecule has 4 rings (SSSR count). The Labute approximate surface area is 192 Å². The number of benzene rings is 2. The molecule has 0 fully saturated rings. The Balaban J connectivity index is 1.60. The van der Waals surface area contributed by atoms with Crippen LogP contribution in [-0.4, -0.2) is 40.8 Å². The smallest absolute Gasteiger partial charge is 0.254 e. The Bertz CT molecular complexity index is 1280. The Kier molecular flexibility index (Phi) is 6.48. The lowest BCUT2D eigenvalue weighted by atomic mass is 10.00. The number of aliphatic hydroxyl groups is 1. The second-order valence-corrected chi connectivity index (χ2v) is 7.75. The van der Waals surface area contributed by atoms with Crippen LogP contribution in [0.2, 0.25) is 0 Å². The maximum atomic E-state index is 13.2. The lowest BCUT2D eigenvalue weighted by molar-refractivity contribution is 0.0784. The summed E-state index contributed by atoms with van der Waals surface area (Å²) in [5.74, 6) is 0.447. The van der Waals surface area contributed by atoms with Gasteiger partial charge in [-0.1, -0.05) is 12.1 Å². The van der Waals surface area contributed by atoms with Crippen LogP contribution in [0.4, 0.5) is 0 Å². The molecule has 1 aliphatic rings. The molecule has 7 heteroatoms. The number of fused-ring (bicyclic) bond motifs is 1. The van der Waals surface area contributed by atoms with Gasteiger partial charge in [-0.05, 0) is 53.9 Å². The Morgan fingerprint density at radius 2 is 2.12 bits per heavy atom. The summed E-state index contributed by atoms with van der Waals surface area (Å²) in [5, 5.41) is 18.7. The highest BCUT2D eigenvalue weighted by molar-refractivity contribution is 5.95. The number of hydrogen-bond acceptors (Lipinski definition) is 6. The van der Waals surface area contributed by atoms with E-state index in [2.05, 4.69) is 16.0 Å². The summed E-state index contributed by atoms with van der Waals surface area (Å²) in [4.78, 5) is 23.5. The Hall–Kier alpha value is -4.02. The SMILES string of the molecule is CCOc1cc(C(=O)N(C)Cc2cnc(CO)c3c2CN=C3)ccc1-c1cccc(C#N)c1. The maximum absolute atomic E-state index is 13.2. The van der Waals surface area contributed by atoms with Crippen LogP contribution in [0.1, 0.15) is 45.2 Å². The van der Waals surface area contributed by atoms with Crippen LogP contribution >= 0.6 is 0 Å². The van der Waals surface area contributed by atoms with E-state index >= 15 is 0 Å². The van der Waals surface area contributed by atoms with Gasteiger partial charge >= 0.3 is 0 Å². The monoisotopic (exact) mass is 440 g/mol. The molecule has 0 aliphatic carbocycles. The van der Waals surface area contributed by atoms with Gasteiger partial charge in [0.15, 0.2) is 0 Å². The van der Waals surface area contributed by atoms with Crippen molar-refractivity contribution < 1.29 is 14.6 Å². The first kappa shape index (κ1) is 22.2. The first-order chi connectivity index (χ1) is 16.0. The average Bonchev–Trinajstić information content (AvgIpc) is 3.34. The van der Waals surface area contributed by atoms with E-state index in [1.165, 1.54) is 0 Å². The van der Waals surface area contributed by atoms with Gasteiger partial charge in [0.1, 0.15) is 5.75 Å². The number of carbonyl (C=O) groups excluding carboxylic acids is 1. The number of amides is 1. The molecule has 3 aromatic rings. The molecule has 0 saturated carbocycles. The van der Waals surface area contributed by atoms with E-state index in [-0.39, 0.29) is 12.5 Å². The second-order valence-electron chi connectivity index (χ2n) is 7.75. The van der Waals surface area contributed by atoms with Gasteiger partial charge < -0.3 is 14.7 Å². The molecule has 2 heterocycles. The lowest BCUT2D eigenvalue weighted by Crippen LogP contribution is -2.27. The largest absolute Gasteiger partial charge is 0.493 e. The zero-order valence-electron chi connectivity index (χ0n) is 18.6. The van der Waals surface area contributed by atoms with Crippen molar-refractivity contribution >= 4 is 12.1 Å². The fourth-order valence-corrected chi connectivity index (χ4v) is 3.95. The molecule has 1 amide bonds. The number of nitrogens with zero attached hydrogens (tertiary/aromatic N) is 4. The van der Waals surface area contributed by atoms with Gasteiger partial charge in [0.25, 0.3) is 5.91 Å². The molecular weight excluding hydrogens is 416 g/mol. The normalized spacial score (nSPS) is 11.7. The molecule has 0 atom stereocenters. The van der Waals surface area contributed by atoms with Crippen molar-refractivity contribution in [2.75, 3.05) is 13.7 Å². The minimum atomic E-state index is -0.146.